The minimum atomic E-state index is 0.756. The van der Waals surface area contributed by atoms with Crippen LogP contribution in [0.4, 0.5) is 0 Å². The van der Waals surface area contributed by atoms with E-state index < -0.39 is 0 Å². The first kappa shape index (κ1) is 12.4. The van der Waals surface area contributed by atoms with E-state index in [0.29, 0.717) is 0 Å². The van der Waals surface area contributed by atoms with Crippen molar-refractivity contribution in [3.63, 3.8) is 0 Å². The van der Waals surface area contributed by atoms with Gasteiger partial charge in [0.1, 0.15) is 0 Å². The molecule has 0 aliphatic carbocycles. The van der Waals surface area contributed by atoms with Gasteiger partial charge in [0.2, 0.25) is 0 Å². The van der Waals surface area contributed by atoms with Crippen LogP contribution in [-0.4, -0.2) is 13.1 Å². The molecule has 0 aromatic heterocycles. The van der Waals surface area contributed by atoms with Crippen LogP contribution in [0, 0.1) is 0 Å². The molecule has 0 amide bonds. The summed E-state index contributed by atoms with van der Waals surface area (Å²) in [6.45, 7) is 5.15. The summed E-state index contributed by atoms with van der Waals surface area (Å²) in [4.78, 5) is 0. The molecule has 1 aromatic carbocycles. The third-order valence-electron chi connectivity index (χ3n) is 2.04. The maximum absolute atomic E-state index is 4.07. The summed E-state index contributed by atoms with van der Waals surface area (Å²) in [6.07, 6.45) is 7.94. The van der Waals surface area contributed by atoms with Crippen LogP contribution in [0.25, 0.3) is 6.08 Å². The molecule has 0 spiro atoms. The van der Waals surface area contributed by atoms with E-state index in [-0.39, 0.29) is 0 Å². The van der Waals surface area contributed by atoms with Gasteiger partial charge < -0.3 is 0 Å². The van der Waals surface area contributed by atoms with E-state index in [9.17, 15) is 0 Å². The van der Waals surface area contributed by atoms with Gasteiger partial charge >= 0.3 is 0 Å². The van der Waals surface area contributed by atoms with Gasteiger partial charge in [0.15, 0.2) is 0 Å². The molecule has 2 heteroatoms. The van der Waals surface area contributed by atoms with E-state index >= 15 is 0 Å². The fraction of sp³-hybridized carbons (Fsp3) is 0.286. The normalized spacial score (nSPS) is 11.2. The van der Waals surface area contributed by atoms with E-state index in [1.165, 1.54) is 5.56 Å². The Morgan fingerprint density at radius 1 is 1.00 bits per heavy atom. The Hall–Kier alpha value is -1.70. The zero-order valence-electron chi connectivity index (χ0n) is 9.55. The van der Waals surface area contributed by atoms with Crippen molar-refractivity contribution in [2.24, 2.45) is 10.2 Å². The molecule has 0 saturated carbocycles. The van der Waals surface area contributed by atoms with Crippen LogP contribution < -0.4 is 0 Å². The quantitative estimate of drug-likeness (QED) is 0.370. The predicted molar refractivity (Wildman–Crippen MR) is 69.5 cm³/mol. The third-order valence-corrected chi connectivity index (χ3v) is 2.04. The second-order valence-corrected chi connectivity index (χ2v) is 3.41. The zero-order chi connectivity index (χ0) is 11.5. The highest BCUT2D eigenvalue weighted by molar-refractivity contribution is 5.48. The first-order valence-corrected chi connectivity index (χ1v) is 5.59. The van der Waals surface area contributed by atoms with Crippen molar-refractivity contribution in [1.82, 2.24) is 0 Å². The maximum atomic E-state index is 4.07. The molecule has 0 atom stereocenters. The van der Waals surface area contributed by atoms with Gasteiger partial charge in [-0.1, -0.05) is 48.6 Å². The van der Waals surface area contributed by atoms with Gasteiger partial charge in [-0.15, -0.1) is 6.58 Å². The lowest BCUT2D eigenvalue weighted by molar-refractivity contribution is 0.836. The Balaban J connectivity index is 2.13. The number of hydrogen-bond acceptors (Lipinski definition) is 2. The summed E-state index contributed by atoms with van der Waals surface area (Å²) >= 11 is 0. The number of hydrogen-bond donors (Lipinski definition) is 0. The van der Waals surface area contributed by atoms with E-state index in [2.05, 4.69) is 41.1 Å². The molecule has 1 aromatic rings. The summed E-state index contributed by atoms with van der Waals surface area (Å²) in [5.74, 6) is 0. The standard InChI is InChI=1S/C14H18N2/c1-2-3-12-15-16-13-8-7-11-14-9-5-4-6-10-14/h2,4-7,9-11H,1,3,8,12-13H2. The first-order chi connectivity index (χ1) is 7.93. The summed E-state index contributed by atoms with van der Waals surface area (Å²) < 4.78 is 0. The summed E-state index contributed by atoms with van der Waals surface area (Å²) in [6, 6.07) is 10.3. The molecule has 0 unspecified atom stereocenters. The van der Waals surface area contributed by atoms with Crippen molar-refractivity contribution in [1.29, 1.82) is 0 Å². The Morgan fingerprint density at radius 3 is 2.38 bits per heavy atom. The molecular formula is C14H18N2. The zero-order valence-corrected chi connectivity index (χ0v) is 9.55. The van der Waals surface area contributed by atoms with Crippen molar-refractivity contribution in [3.05, 3.63) is 54.6 Å². The fourth-order valence-electron chi connectivity index (χ4n) is 1.21. The van der Waals surface area contributed by atoms with Crippen molar-refractivity contribution < 1.29 is 0 Å². The highest BCUT2D eigenvalue weighted by atomic mass is 15.1. The summed E-state index contributed by atoms with van der Waals surface area (Å²) in [5.41, 5.74) is 1.23. The fourth-order valence-corrected chi connectivity index (χ4v) is 1.21. The van der Waals surface area contributed by atoms with Gasteiger partial charge in [0.05, 0.1) is 13.1 Å². The van der Waals surface area contributed by atoms with Crippen LogP contribution in [0.3, 0.4) is 0 Å². The van der Waals surface area contributed by atoms with Crippen molar-refractivity contribution in [2.45, 2.75) is 12.8 Å². The average molecular weight is 214 g/mol. The third kappa shape index (κ3) is 5.91. The summed E-state index contributed by atoms with van der Waals surface area (Å²) in [5, 5.41) is 8.09. The number of azo groups is 1. The maximum Gasteiger partial charge on any atom is 0.0633 e. The Kier molecular flexibility index (Phi) is 6.65. The number of rotatable bonds is 7. The second-order valence-electron chi connectivity index (χ2n) is 3.41. The van der Waals surface area contributed by atoms with Gasteiger partial charge in [0.25, 0.3) is 0 Å². The van der Waals surface area contributed by atoms with E-state index in [1.807, 2.05) is 24.3 Å². The van der Waals surface area contributed by atoms with Crippen molar-refractivity contribution in [2.75, 3.05) is 13.1 Å². The van der Waals surface area contributed by atoms with Crippen LogP contribution in [0.1, 0.15) is 18.4 Å². The smallest absolute Gasteiger partial charge is 0.0633 e. The Bertz CT molecular complexity index is 339. The van der Waals surface area contributed by atoms with Crippen LogP contribution in [0.15, 0.2) is 59.3 Å². The minimum absolute atomic E-state index is 0.756. The van der Waals surface area contributed by atoms with Gasteiger partial charge in [0, 0.05) is 0 Å². The van der Waals surface area contributed by atoms with Crippen LogP contribution in [-0.2, 0) is 0 Å². The van der Waals surface area contributed by atoms with Gasteiger partial charge in [-0.3, -0.25) is 0 Å². The largest absolute Gasteiger partial charge is 0.194 e. The lowest BCUT2D eigenvalue weighted by Gasteiger charge is -1.91. The predicted octanol–water partition coefficient (Wildman–Crippen LogP) is 4.12. The number of nitrogens with zero attached hydrogens (tertiary/aromatic N) is 2. The average Bonchev–Trinajstić information content (AvgIpc) is 2.34. The monoisotopic (exact) mass is 214 g/mol. The van der Waals surface area contributed by atoms with Crippen LogP contribution in [0.2, 0.25) is 0 Å². The molecule has 1 rings (SSSR count). The molecule has 0 bridgehead atoms. The van der Waals surface area contributed by atoms with Crippen LogP contribution >= 0.6 is 0 Å². The molecule has 0 aliphatic heterocycles. The molecule has 0 heterocycles. The first-order valence-electron chi connectivity index (χ1n) is 5.59. The SMILES string of the molecule is C=CCCN=NCCC=Cc1ccccc1. The van der Waals surface area contributed by atoms with E-state index in [1.54, 1.807) is 0 Å². The number of benzene rings is 1. The van der Waals surface area contributed by atoms with Crippen molar-refractivity contribution >= 4 is 6.08 Å². The lowest BCUT2D eigenvalue weighted by Crippen LogP contribution is -1.78. The molecule has 0 fully saturated rings. The van der Waals surface area contributed by atoms with Gasteiger partial charge in [-0.25, -0.2) is 0 Å². The highest BCUT2D eigenvalue weighted by Gasteiger charge is 1.82. The molecule has 0 aliphatic rings. The molecule has 0 radical (unpaired) electrons. The highest BCUT2D eigenvalue weighted by Crippen LogP contribution is 2.01. The minimum Gasteiger partial charge on any atom is -0.194 e. The Morgan fingerprint density at radius 2 is 1.69 bits per heavy atom. The molecule has 2 nitrogen and oxygen atoms in total. The van der Waals surface area contributed by atoms with E-state index in [4.69, 9.17) is 0 Å². The molecular weight excluding hydrogens is 196 g/mol. The molecule has 0 saturated heterocycles. The second kappa shape index (κ2) is 8.60. The molecule has 84 valence electrons. The van der Waals surface area contributed by atoms with Crippen LogP contribution in [0.5, 0.6) is 0 Å². The Labute approximate surface area is 97.4 Å². The molecule has 16 heavy (non-hydrogen) atoms. The summed E-state index contributed by atoms with van der Waals surface area (Å²) in [7, 11) is 0. The van der Waals surface area contributed by atoms with Gasteiger partial charge in [-0.05, 0) is 18.4 Å². The van der Waals surface area contributed by atoms with Gasteiger partial charge in [-0.2, -0.15) is 10.2 Å². The van der Waals surface area contributed by atoms with E-state index in [0.717, 1.165) is 25.9 Å². The lowest BCUT2D eigenvalue weighted by atomic mass is 10.2. The van der Waals surface area contributed by atoms with Crippen molar-refractivity contribution in [3.8, 4) is 0 Å². The topological polar surface area (TPSA) is 24.7 Å². The molecule has 0 N–H and O–H groups in total.